The van der Waals surface area contributed by atoms with Crippen LogP contribution in [-0.4, -0.2) is 30.9 Å². The lowest BCUT2D eigenvalue weighted by Gasteiger charge is -2.26. The Morgan fingerprint density at radius 1 is 1.25 bits per heavy atom. The Bertz CT molecular complexity index is 1020. The van der Waals surface area contributed by atoms with Gasteiger partial charge in [0.2, 0.25) is 5.91 Å². The van der Waals surface area contributed by atoms with Gasteiger partial charge in [0.15, 0.2) is 10.3 Å². The molecule has 1 aromatic carbocycles. The molecular weight excluding hydrogens is 482 g/mol. The van der Waals surface area contributed by atoms with Crippen molar-refractivity contribution in [3.05, 3.63) is 52.3 Å². The quantitative estimate of drug-likeness (QED) is 0.336. The second-order valence-electron chi connectivity index (χ2n) is 7.73. The van der Waals surface area contributed by atoms with E-state index in [9.17, 15) is 4.79 Å². The normalized spacial score (nSPS) is 15.6. The van der Waals surface area contributed by atoms with Crippen molar-refractivity contribution in [3.8, 4) is 0 Å². The standard InChI is InChI=1S/C22H26ClN5OS3/c1-15(20(29)25-21-24-11-12-31-21)32-22-27-26-19(28(22)17-8-3-2-4-9-17)14-30-13-16-7-5-6-10-18(16)23/h5-7,10-12,15,17H,2-4,8-9,13-14H2,1H3,(H,24,25,29)/t15-/m0/s1. The predicted octanol–water partition coefficient (Wildman–Crippen LogP) is 6.45. The lowest BCUT2D eigenvalue weighted by molar-refractivity contribution is -0.115. The maximum atomic E-state index is 12.6. The molecule has 170 valence electrons. The van der Waals surface area contributed by atoms with E-state index >= 15 is 0 Å². The number of anilines is 1. The summed E-state index contributed by atoms with van der Waals surface area (Å²) in [7, 11) is 0. The van der Waals surface area contributed by atoms with Gasteiger partial charge < -0.3 is 9.88 Å². The van der Waals surface area contributed by atoms with E-state index in [2.05, 4.69) is 31.1 Å². The highest BCUT2D eigenvalue weighted by atomic mass is 35.5. The summed E-state index contributed by atoms with van der Waals surface area (Å²) in [5.74, 6) is 2.49. The van der Waals surface area contributed by atoms with E-state index in [-0.39, 0.29) is 11.2 Å². The van der Waals surface area contributed by atoms with Crippen LogP contribution in [-0.2, 0) is 16.3 Å². The average molecular weight is 508 g/mol. The first-order valence-electron chi connectivity index (χ1n) is 10.7. The first-order chi connectivity index (χ1) is 15.6. The molecule has 2 heterocycles. The van der Waals surface area contributed by atoms with Gasteiger partial charge in [0, 0.05) is 28.4 Å². The molecule has 1 N–H and O–H groups in total. The van der Waals surface area contributed by atoms with Gasteiger partial charge in [-0.3, -0.25) is 4.79 Å². The van der Waals surface area contributed by atoms with Crippen molar-refractivity contribution in [2.45, 2.75) is 67.0 Å². The molecule has 0 spiro atoms. The van der Waals surface area contributed by atoms with Gasteiger partial charge >= 0.3 is 0 Å². The zero-order chi connectivity index (χ0) is 22.3. The smallest absolute Gasteiger partial charge is 0.239 e. The van der Waals surface area contributed by atoms with Gasteiger partial charge in [-0.25, -0.2) is 4.98 Å². The molecule has 6 nitrogen and oxygen atoms in total. The molecule has 0 bridgehead atoms. The SMILES string of the molecule is C[C@H](Sc1nnc(CSCc2ccccc2Cl)n1C1CCCCC1)C(=O)Nc1nccs1. The molecular formula is C22H26ClN5OS3. The molecule has 1 aliphatic rings. The number of aromatic nitrogens is 4. The minimum atomic E-state index is -0.297. The number of benzene rings is 1. The van der Waals surface area contributed by atoms with Crippen LogP contribution in [0.5, 0.6) is 0 Å². The maximum Gasteiger partial charge on any atom is 0.239 e. The van der Waals surface area contributed by atoms with Gasteiger partial charge in [-0.15, -0.1) is 33.3 Å². The van der Waals surface area contributed by atoms with Crippen molar-refractivity contribution in [3.63, 3.8) is 0 Å². The number of nitrogens with one attached hydrogen (secondary N) is 1. The van der Waals surface area contributed by atoms with Crippen LogP contribution in [0, 0.1) is 0 Å². The number of carbonyl (C=O) groups is 1. The van der Waals surface area contributed by atoms with Gasteiger partial charge in [0.1, 0.15) is 5.82 Å². The molecule has 3 aromatic rings. The van der Waals surface area contributed by atoms with Crippen LogP contribution in [0.15, 0.2) is 41.0 Å². The third-order valence-electron chi connectivity index (χ3n) is 5.44. The summed E-state index contributed by atoms with van der Waals surface area (Å²) in [4.78, 5) is 16.8. The molecule has 4 rings (SSSR count). The van der Waals surface area contributed by atoms with E-state index in [0.29, 0.717) is 11.2 Å². The summed E-state index contributed by atoms with van der Waals surface area (Å²) >= 11 is 11.0. The molecule has 1 amide bonds. The fourth-order valence-corrected chi connectivity index (χ4v) is 6.47. The average Bonchev–Trinajstić information content (AvgIpc) is 3.45. The summed E-state index contributed by atoms with van der Waals surface area (Å²) in [5.41, 5.74) is 1.13. The number of rotatable bonds is 9. The molecule has 32 heavy (non-hydrogen) atoms. The molecule has 2 aromatic heterocycles. The summed E-state index contributed by atoms with van der Waals surface area (Å²) in [6.45, 7) is 1.90. The number of hydrogen-bond acceptors (Lipinski definition) is 7. The van der Waals surface area contributed by atoms with E-state index in [1.54, 1.807) is 18.0 Å². The van der Waals surface area contributed by atoms with Crippen LogP contribution >= 0.6 is 46.5 Å². The summed E-state index contributed by atoms with van der Waals surface area (Å²) in [5, 5.41) is 15.7. The molecule has 1 aliphatic carbocycles. The zero-order valence-corrected chi connectivity index (χ0v) is 21.1. The predicted molar refractivity (Wildman–Crippen MR) is 135 cm³/mol. The lowest BCUT2D eigenvalue weighted by atomic mass is 9.95. The Labute approximate surface area is 206 Å². The second-order valence-corrected chi connectivity index (χ2v) is 11.3. The van der Waals surface area contributed by atoms with E-state index in [0.717, 1.165) is 45.9 Å². The Morgan fingerprint density at radius 2 is 2.06 bits per heavy atom. The number of nitrogens with zero attached hydrogens (tertiary/aromatic N) is 4. The van der Waals surface area contributed by atoms with Crippen molar-refractivity contribution < 1.29 is 4.79 Å². The summed E-state index contributed by atoms with van der Waals surface area (Å²) < 4.78 is 2.29. The molecule has 0 saturated heterocycles. The van der Waals surface area contributed by atoms with Crippen LogP contribution in [0.3, 0.4) is 0 Å². The number of halogens is 1. The number of thiazole rings is 1. The highest BCUT2D eigenvalue weighted by Crippen LogP contribution is 2.35. The van der Waals surface area contributed by atoms with Gasteiger partial charge in [0.05, 0.1) is 11.0 Å². The van der Waals surface area contributed by atoms with Crippen LogP contribution in [0.25, 0.3) is 0 Å². The second kappa shape index (κ2) is 11.5. The van der Waals surface area contributed by atoms with Gasteiger partial charge in [-0.2, -0.15) is 0 Å². The number of amides is 1. The van der Waals surface area contributed by atoms with Gasteiger partial charge in [-0.05, 0) is 31.4 Å². The minimum absolute atomic E-state index is 0.0715. The van der Waals surface area contributed by atoms with E-state index in [4.69, 9.17) is 11.6 Å². The summed E-state index contributed by atoms with van der Waals surface area (Å²) in [6, 6.07) is 8.34. The van der Waals surface area contributed by atoms with Crippen LogP contribution in [0.4, 0.5) is 5.13 Å². The summed E-state index contributed by atoms with van der Waals surface area (Å²) in [6.07, 6.45) is 7.67. The fraction of sp³-hybridized carbons (Fsp3) is 0.455. The number of thioether (sulfide) groups is 2. The lowest BCUT2D eigenvalue weighted by Crippen LogP contribution is -2.23. The first kappa shape index (κ1) is 23.6. The Morgan fingerprint density at radius 3 is 2.81 bits per heavy atom. The Balaban J connectivity index is 1.46. The third kappa shape index (κ3) is 6.07. The highest BCUT2D eigenvalue weighted by molar-refractivity contribution is 8.00. The molecule has 1 fully saturated rings. The van der Waals surface area contributed by atoms with Crippen molar-refractivity contribution in [1.82, 2.24) is 19.7 Å². The highest BCUT2D eigenvalue weighted by Gasteiger charge is 2.26. The minimum Gasteiger partial charge on any atom is -0.302 e. The topological polar surface area (TPSA) is 72.7 Å². The van der Waals surface area contributed by atoms with Crippen molar-refractivity contribution in [2.24, 2.45) is 0 Å². The third-order valence-corrected chi connectivity index (χ3v) is 8.53. The molecule has 0 unspecified atom stereocenters. The molecule has 0 aliphatic heterocycles. The van der Waals surface area contributed by atoms with Crippen LogP contribution in [0.1, 0.15) is 56.5 Å². The van der Waals surface area contributed by atoms with Crippen LogP contribution in [0.2, 0.25) is 5.02 Å². The van der Waals surface area contributed by atoms with Crippen molar-refractivity contribution in [1.29, 1.82) is 0 Å². The largest absolute Gasteiger partial charge is 0.302 e. The Hall–Kier alpha value is -1.55. The van der Waals surface area contributed by atoms with E-state index < -0.39 is 0 Å². The van der Waals surface area contributed by atoms with Crippen molar-refractivity contribution in [2.75, 3.05) is 5.32 Å². The fourth-order valence-electron chi connectivity index (χ4n) is 3.76. The Kier molecular flexibility index (Phi) is 8.51. The molecule has 0 radical (unpaired) electrons. The number of carbonyl (C=O) groups excluding carboxylic acids is 1. The van der Waals surface area contributed by atoms with Gasteiger partial charge in [-0.1, -0.05) is 60.8 Å². The van der Waals surface area contributed by atoms with Crippen LogP contribution < -0.4 is 5.32 Å². The number of hydrogen-bond donors (Lipinski definition) is 1. The monoisotopic (exact) mass is 507 g/mol. The molecule has 10 heteroatoms. The van der Waals surface area contributed by atoms with E-state index in [1.165, 1.54) is 42.4 Å². The van der Waals surface area contributed by atoms with Crippen molar-refractivity contribution >= 4 is 57.5 Å². The zero-order valence-electron chi connectivity index (χ0n) is 17.9. The molecule has 1 atom stereocenters. The van der Waals surface area contributed by atoms with Gasteiger partial charge in [0.25, 0.3) is 0 Å². The maximum absolute atomic E-state index is 12.6. The first-order valence-corrected chi connectivity index (χ1v) is 14.0. The molecule has 1 saturated carbocycles. The van der Waals surface area contributed by atoms with E-state index in [1.807, 2.05) is 30.5 Å².